The number of fused-ring (bicyclic) bond motifs is 1. The van der Waals surface area contributed by atoms with Crippen molar-refractivity contribution in [3.63, 3.8) is 0 Å². The fraction of sp³-hybridized carbons (Fsp3) is 0.125. The summed E-state index contributed by atoms with van der Waals surface area (Å²) in [4.78, 5) is 16.6. The van der Waals surface area contributed by atoms with Crippen LogP contribution in [0.4, 0.5) is 5.69 Å². The van der Waals surface area contributed by atoms with Crippen LogP contribution in [0.3, 0.4) is 0 Å². The Balaban J connectivity index is 1.90. The van der Waals surface area contributed by atoms with Gasteiger partial charge in [-0.1, -0.05) is 30.3 Å². The molecule has 19 heavy (non-hydrogen) atoms. The highest BCUT2D eigenvalue weighted by Gasteiger charge is 2.15. The van der Waals surface area contributed by atoms with E-state index in [-0.39, 0.29) is 5.91 Å². The maximum Gasteiger partial charge on any atom is 0.255 e. The van der Waals surface area contributed by atoms with Gasteiger partial charge in [0.25, 0.3) is 5.91 Å². The van der Waals surface area contributed by atoms with Crippen LogP contribution in [0.25, 0.3) is 0 Å². The van der Waals surface area contributed by atoms with Crippen molar-refractivity contribution in [3.8, 4) is 0 Å². The smallest absolute Gasteiger partial charge is 0.255 e. The van der Waals surface area contributed by atoms with Crippen LogP contribution in [0.1, 0.15) is 21.5 Å². The summed E-state index contributed by atoms with van der Waals surface area (Å²) in [6, 6.07) is 15.3. The third-order valence-corrected chi connectivity index (χ3v) is 3.21. The average Bonchev–Trinajstić information content (AvgIpc) is 2.47. The minimum atomic E-state index is -0.0571. The van der Waals surface area contributed by atoms with E-state index in [1.54, 1.807) is 0 Å². The molecule has 1 aliphatic rings. The maximum absolute atomic E-state index is 12.3. The van der Waals surface area contributed by atoms with Gasteiger partial charge in [-0.2, -0.15) is 0 Å². The first-order valence-corrected chi connectivity index (χ1v) is 6.33. The lowest BCUT2D eigenvalue weighted by Gasteiger charge is -2.14. The molecule has 3 heteroatoms. The van der Waals surface area contributed by atoms with Crippen molar-refractivity contribution in [1.29, 1.82) is 0 Å². The third kappa shape index (κ3) is 2.40. The molecule has 1 heterocycles. The van der Waals surface area contributed by atoms with E-state index in [2.05, 4.69) is 10.3 Å². The van der Waals surface area contributed by atoms with Gasteiger partial charge in [0.05, 0.1) is 0 Å². The Morgan fingerprint density at radius 1 is 1.05 bits per heavy atom. The van der Waals surface area contributed by atoms with Crippen molar-refractivity contribution in [3.05, 3.63) is 65.2 Å². The molecule has 0 saturated heterocycles. The topological polar surface area (TPSA) is 41.5 Å². The van der Waals surface area contributed by atoms with Gasteiger partial charge in [-0.05, 0) is 35.7 Å². The summed E-state index contributed by atoms with van der Waals surface area (Å²) in [6.45, 7) is 0.753. The van der Waals surface area contributed by atoms with Gasteiger partial charge in [-0.3, -0.25) is 9.79 Å². The highest BCUT2D eigenvalue weighted by Crippen LogP contribution is 2.19. The first-order chi connectivity index (χ1) is 9.34. The van der Waals surface area contributed by atoms with Crippen molar-refractivity contribution in [1.82, 2.24) is 0 Å². The van der Waals surface area contributed by atoms with Gasteiger partial charge in [-0.25, -0.2) is 0 Å². The number of aliphatic imine (C=N–C) groups is 1. The number of hydrogen-bond acceptors (Lipinski definition) is 2. The molecule has 0 radical (unpaired) electrons. The number of carbonyl (C=O) groups excluding carboxylic acids is 1. The molecule has 94 valence electrons. The first-order valence-electron chi connectivity index (χ1n) is 6.33. The first kappa shape index (κ1) is 11.7. The van der Waals surface area contributed by atoms with Crippen molar-refractivity contribution in [2.45, 2.75) is 6.42 Å². The number of benzene rings is 2. The van der Waals surface area contributed by atoms with Crippen LogP contribution in [0.2, 0.25) is 0 Å². The van der Waals surface area contributed by atoms with Gasteiger partial charge in [-0.15, -0.1) is 0 Å². The van der Waals surface area contributed by atoms with Gasteiger partial charge < -0.3 is 5.32 Å². The third-order valence-electron chi connectivity index (χ3n) is 3.21. The summed E-state index contributed by atoms with van der Waals surface area (Å²) in [7, 11) is 0. The van der Waals surface area contributed by atoms with Crippen molar-refractivity contribution < 1.29 is 4.79 Å². The molecule has 2 aromatic rings. The molecule has 0 spiro atoms. The molecular weight excluding hydrogens is 236 g/mol. The quantitative estimate of drug-likeness (QED) is 0.874. The van der Waals surface area contributed by atoms with E-state index in [1.165, 1.54) is 0 Å². The summed E-state index contributed by atoms with van der Waals surface area (Å²) in [5.41, 5.74) is 3.69. The molecule has 0 atom stereocenters. The number of hydrogen-bond donors (Lipinski definition) is 1. The highest BCUT2D eigenvalue weighted by molar-refractivity contribution is 6.06. The summed E-state index contributed by atoms with van der Waals surface area (Å²) in [6.07, 6.45) is 2.67. The second-order valence-corrected chi connectivity index (χ2v) is 4.48. The molecule has 1 N–H and O–H groups in total. The van der Waals surface area contributed by atoms with E-state index >= 15 is 0 Å². The number of carbonyl (C=O) groups is 1. The van der Waals surface area contributed by atoms with Gasteiger partial charge in [0.15, 0.2) is 0 Å². The molecule has 0 unspecified atom stereocenters. The molecular formula is C16H14N2O. The molecule has 1 aliphatic heterocycles. The Morgan fingerprint density at radius 2 is 1.89 bits per heavy atom. The van der Waals surface area contributed by atoms with Crippen LogP contribution in [-0.2, 0) is 6.42 Å². The molecule has 0 aromatic heterocycles. The number of amides is 1. The van der Waals surface area contributed by atoms with Crippen molar-refractivity contribution >= 4 is 17.8 Å². The van der Waals surface area contributed by atoms with E-state index < -0.39 is 0 Å². The van der Waals surface area contributed by atoms with Crippen LogP contribution in [-0.4, -0.2) is 18.7 Å². The van der Waals surface area contributed by atoms with E-state index in [1.807, 2.05) is 54.7 Å². The Morgan fingerprint density at radius 3 is 2.74 bits per heavy atom. The molecule has 3 nitrogen and oxygen atoms in total. The molecule has 0 fully saturated rings. The lowest BCUT2D eigenvalue weighted by Crippen LogP contribution is -2.17. The summed E-state index contributed by atoms with van der Waals surface area (Å²) in [5, 5.41) is 2.92. The van der Waals surface area contributed by atoms with Gasteiger partial charge in [0.1, 0.15) is 0 Å². The lowest BCUT2D eigenvalue weighted by molar-refractivity contribution is 0.102. The van der Waals surface area contributed by atoms with Crippen LogP contribution in [0.15, 0.2) is 53.5 Å². The molecule has 0 bridgehead atoms. The summed E-state index contributed by atoms with van der Waals surface area (Å²) < 4.78 is 0. The van der Waals surface area contributed by atoms with Gasteiger partial charge in [0.2, 0.25) is 0 Å². The van der Waals surface area contributed by atoms with E-state index in [0.717, 1.165) is 35.3 Å². The molecule has 2 aromatic carbocycles. The number of nitrogens with one attached hydrogen (secondary N) is 1. The minimum absolute atomic E-state index is 0.0571. The predicted molar refractivity (Wildman–Crippen MR) is 77.0 cm³/mol. The van der Waals surface area contributed by atoms with Crippen LogP contribution < -0.4 is 5.32 Å². The van der Waals surface area contributed by atoms with Crippen molar-refractivity contribution in [2.75, 3.05) is 11.9 Å². The normalized spacial score (nSPS) is 12.8. The lowest BCUT2D eigenvalue weighted by atomic mass is 9.96. The standard InChI is InChI=1S/C16H14N2O/c19-16(18-13-6-2-1-3-7-13)15-8-4-5-12-11-17-10-9-14(12)15/h1-8,11H,9-10H2,(H,18,19). The predicted octanol–water partition coefficient (Wildman–Crippen LogP) is 2.91. The fourth-order valence-corrected chi connectivity index (χ4v) is 2.28. The number of rotatable bonds is 2. The van der Waals surface area contributed by atoms with E-state index in [0.29, 0.717) is 0 Å². The SMILES string of the molecule is O=C(Nc1ccccc1)c1cccc2c1CCN=C2. The molecule has 1 amide bonds. The molecule has 0 saturated carbocycles. The minimum Gasteiger partial charge on any atom is -0.322 e. The Labute approximate surface area is 112 Å². The summed E-state index contributed by atoms with van der Waals surface area (Å²) in [5.74, 6) is -0.0571. The second-order valence-electron chi connectivity index (χ2n) is 4.48. The fourth-order valence-electron chi connectivity index (χ4n) is 2.28. The van der Waals surface area contributed by atoms with Crippen LogP contribution in [0, 0.1) is 0 Å². The maximum atomic E-state index is 12.3. The molecule has 3 rings (SSSR count). The number of para-hydroxylation sites is 1. The Hall–Kier alpha value is -2.42. The largest absolute Gasteiger partial charge is 0.322 e. The second kappa shape index (κ2) is 5.06. The zero-order valence-electron chi connectivity index (χ0n) is 10.5. The zero-order chi connectivity index (χ0) is 13.1. The monoisotopic (exact) mass is 250 g/mol. The molecule has 0 aliphatic carbocycles. The van der Waals surface area contributed by atoms with E-state index in [4.69, 9.17) is 0 Å². The number of anilines is 1. The Bertz CT molecular complexity index is 632. The van der Waals surface area contributed by atoms with Crippen LogP contribution in [0.5, 0.6) is 0 Å². The zero-order valence-corrected chi connectivity index (χ0v) is 10.5. The van der Waals surface area contributed by atoms with Crippen LogP contribution >= 0.6 is 0 Å². The average molecular weight is 250 g/mol. The van der Waals surface area contributed by atoms with Gasteiger partial charge in [0, 0.05) is 24.0 Å². The van der Waals surface area contributed by atoms with E-state index in [9.17, 15) is 4.79 Å². The number of nitrogens with zero attached hydrogens (tertiary/aromatic N) is 1. The highest BCUT2D eigenvalue weighted by atomic mass is 16.1. The Kier molecular flexibility index (Phi) is 3.11. The van der Waals surface area contributed by atoms with Gasteiger partial charge >= 0.3 is 0 Å². The van der Waals surface area contributed by atoms with Crippen molar-refractivity contribution in [2.24, 2.45) is 4.99 Å². The summed E-state index contributed by atoms with van der Waals surface area (Å²) >= 11 is 0.